The average Bonchev–Trinajstić information content (AvgIpc) is 2.81. The van der Waals surface area contributed by atoms with Crippen LogP contribution in [0.15, 0.2) is 29.2 Å². The van der Waals surface area contributed by atoms with Gasteiger partial charge in [0.15, 0.2) is 0 Å². The highest BCUT2D eigenvalue weighted by atomic mass is 32.2. The predicted molar refractivity (Wildman–Crippen MR) is 54.8 cm³/mol. The Hall–Kier alpha value is -0.940. The first-order chi connectivity index (χ1) is 6.99. The Balaban J connectivity index is 2.18. The van der Waals surface area contributed by atoms with Crippen LogP contribution >= 0.6 is 0 Å². The van der Waals surface area contributed by atoms with E-state index in [1.165, 1.54) is 12.1 Å². The van der Waals surface area contributed by atoms with Crippen LogP contribution in [0, 0.1) is 6.92 Å². The van der Waals surface area contributed by atoms with Crippen molar-refractivity contribution >= 4 is 10.0 Å². The molecule has 5 heteroatoms. The summed E-state index contributed by atoms with van der Waals surface area (Å²) in [4.78, 5) is 0.187. The zero-order valence-electron chi connectivity index (χ0n) is 8.27. The summed E-state index contributed by atoms with van der Waals surface area (Å²) in [5, 5.41) is 0. The summed E-state index contributed by atoms with van der Waals surface area (Å²) in [6, 6.07) is 5.94. The van der Waals surface area contributed by atoms with E-state index in [9.17, 15) is 12.8 Å². The van der Waals surface area contributed by atoms with Gasteiger partial charge in [-0.05, 0) is 25.5 Å². The van der Waals surface area contributed by atoms with E-state index in [0.717, 1.165) is 5.56 Å². The average molecular weight is 229 g/mol. The highest BCUT2D eigenvalue weighted by Crippen LogP contribution is 2.26. The van der Waals surface area contributed by atoms with Crippen LogP contribution in [0.1, 0.15) is 12.0 Å². The lowest BCUT2D eigenvalue weighted by Crippen LogP contribution is -2.27. The zero-order chi connectivity index (χ0) is 11.1. The fourth-order valence-corrected chi connectivity index (χ4v) is 2.54. The molecule has 3 nitrogen and oxygen atoms in total. The van der Waals surface area contributed by atoms with Gasteiger partial charge in [-0.3, -0.25) is 0 Å². The van der Waals surface area contributed by atoms with Crippen LogP contribution in [0.2, 0.25) is 0 Å². The van der Waals surface area contributed by atoms with Crippen LogP contribution in [0.3, 0.4) is 0 Å². The molecule has 2 rings (SSSR count). The van der Waals surface area contributed by atoms with Crippen LogP contribution in [0.4, 0.5) is 4.39 Å². The van der Waals surface area contributed by atoms with Gasteiger partial charge in [0, 0.05) is 0 Å². The Morgan fingerprint density at radius 1 is 1.33 bits per heavy atom. The maximum absolute atomic E-state index is 12.6. The maximum atomic E-state index is 12.6. The van der Waals surface area contributed by atoms with E-state index in [4.69, 9.17) is 0 Å². The molecule has 0 unspecified atom stereocenters. The van der Waals surface area contributed by atoms with Gasteiger partial charge >= 0.3 is 0 Å². The minimum absolute atomic E-state index is 0.187. The number of aryl methyl sites for hydroxylation is 1. The molecule has 1 aliphatic carbocycles. The van der Waals surface area contributed by atoms with Gasteiger partial charge in [0.2, 0.25) is 10.0 Å². The molecule has 0 aliphatic heterocycles. The lowest BCUT2D eigenvalue weighted by molar-refractivity contribution is 0.459. The number of rotatable bonds is 3. The number of hydrogen-bond donors (Lipinski definition) is 1. The van der Waals surface area contributed by atoms with Crippen LogP contribution in [0.5, 0.6) is 0 Å². The second-order valence-corrected chi connectivity index (χ2v) is 5.51. The standard InChI is InChI=1S/C10H12FNO2S/c1-7-2-4-8(5-3-7)15(13,14)12-10-6-9(10)11/h2-5,9-10,12H,6H2,1H3/t9-,10+/m1/s1. The Morgan fingerprint density at radius 2 is 1.87 bits per heavy atom. The summed E-state index contributed by atoms with van der Waals surface area (Å²) in [6.45, 7) is 1.88. The Morgan fingerprint density at radius 3 is 2.33 bits per heavy atom. The molecule has 0 saturated heterocycles. The summed E-state index contributed by atoms with van der Waals surface area (Å²) in [7, 11) is -3.54. The molecule has 1 aromatic carbocycles. The third-order valence-electron chi connectivity index (χ3n) is 2.35. The van der Waals surface area contributed by atoms with Gasteiger partial charge in [-0.1, -0.05) is 17.7 Å². The third-order valence-corrected chi connectivity index (χ3v) is 3.86. The first kappa shape index (κ1) is 10.6. The van der Waals surface area contributed by atoms with E-state index in [1.807, 2.05) is 6.92 Å². The van der Waals surface area contributed by atoms with Crippen molar-refractivity contribution in [3.8, 4) is 0 Å². The van der Waals surface area contributed by atoms with E-state index < -0.39 is 22.2 Å². The first-order valence-electron chi connectivity index (χ1n) is 4.72. The van der Waals surface area contributed by atoms with Crippen molar-refractivity contribution in [3.05, 3.63) is 29.8 Å². The van der Waals surface area contributed by atoms with Gasteiger partial charge in [-0.25, -0.2) is 17.5 Å². The number of nitrogens with one attached hydrogen (secondary N) is 1. The second-order valence-electron chi connectivity index (χ2n) is 3.79. The molecular formula is C10H12FNO2S. The molecule has 15 heavy (non-hydrogen) atoms. The fraction of sp³-hybridized carbons (Fsp3) is 0.400. The Kier molecular flexibility index (Phi) is 2.52. The van der Waals surface area contributed by atoms with Crippen molar-refractivity contribution in [2.45, 2.75) is 30.5 Å². The van der Waals surface area contributed by atoms with Crippen molar-refractivity contribution in [2.24, 2.45) is 0 Å². The topological polar surface area (TPSA) is 46.2 Å². The van der Waals surface area contributed by atoms with Gasteiger partial charge in [0.1, 0.15) is 6.17 Å². The van der Waals surface area contributed by atoms with Crippen LogP contribution < -0.4 is 4.72 Å². The third kappa shape index (κ3) is 2.35. The lowest BCUT2D eigenvalue weighted by atomic mass is 10.2. The molecule has 0 radical (unpaired) electrons. The molecule has 0 spiro atoms. The summed E-state index contributed by atoms with van der Waals surface area (Å²) in [5.74, 6) is 0. The van der Waals surface area contributed by atoms with Gasteiger partial charge in [0.25, 0.3) is 0 Å². The molecule has 1 aliphatic rings. The molecule has 0 aromatic heterocycles. The second kappa shape index (κ2) is 3.57. The molecule has 2 atom stereocenters. The highest BCUT2D eigenvalue weighted by molar-refractivity contribution is 7.89. The Labute approximate surface area is 88.4 Å². The fourth-order valence-electron chi connectivity index (χ4n) is 1.27. The van der Waals surface area contributed by atoms with E-state index in [0.29, 0.717) is 0 Å². The van der Waals surface area contributed by atoms with E-state index in [-0.39, 0.29) is 11.3 Å². The number of hydrogen-bond acceptors (Lipinski definition) is 2. The van der Waals surface area contributed by atoms with Gasteiger partial charge < -0.3 is 0 Å². The zero-order valence-corrected chi connectivity index (χ0v) is 9.09. The maximum Gasteiger partial charge on any atom is 0.240 e. The molecule has 1 N–H and O–H groups in total. The summed E-state index contributed by atoms with van der Waals surface area (Å²) in [5.41, 5.74) is 0.990. The molecular weight excluding hydrogens is 217 g/mol. The van der Waals surface area contributed by atoms with E-state index in [1.54, 1.807) is 12.1 Å². The Bertz CT molecular complexity index is 455. The lowest BCUT2D eigenvalue weighted by Gasteiger charge is -2.05. The summed E-state index contributed by atoms with van der Waals surface area (Å²) < 4.78 is 38.2. The highest BCUT2D eigenvalue weighted by Gasteiger charge is 2.40. The molecule has 1 saturated carbocycles. The van der Waals surface area contributed by atoms with Crippen molar-refractivity contribution in [1.29, 1.82) is 0 Å². The largest absolute Gasteiger partial charge is 0.246 e. The molecule has 0 heterocycles. The minimum Gasteiger partial charge on any atom is -0.246 e. The predicted octanol–water partition coefficient (Wildman–Crippen LogP) is 1.38. The number of sulfonamides is 1. The normalized spacial score (nSPS) is 25.2. The van der Waals surface area contributed by atoms with Crippen molar-refractivity contribution in [2.75, 3.05) is 0 Å². The van der Waals surface area contributed by atoms with Crippen LogP contribution in [-0.4, -0.2) is 20.6 Å². The quantitative estimate of drug-likeness (QED) is 0.851. The smallest absolute Gasteiger partial charge is 0.240 e. The number of benzene rings is 1. The monoisotopic (exact) mass is 229 g/mol. The van der Waals surface area contributed by atoms with Gasteiger partial charge in [0.05, 0.1) is 10.9 Å². The molecule has 0 bridgehead atoms. The SMILES string of the molecule is Cc1ccc(S(=O)(=O)N[C@H]2C[C@H]2F)cc1. The van der Waals surface area contributed by atoms with E-state index in [2.05, 4.69) is 4.72 Å². The van der Waals surface area contributed by atoms with Crippen molar-refractivity contribution in [1.82, 2.24) is 4.72 Å². The molecule has 0 amide bonds. The van der Waals surface area contributed by atoms with Crippen molar-refractivity contribution in [3.63, 3.8) is 0 Å². The molecule has 1 aromatic rings. The number of halogens is 1. The van der Waals surface area contributed by atoms with Gasteiger partial charge in [-0.15, -0.1) is 0 Å². The first-order valence-corrected chi connectivity index (χ1v) is 6.20. The summed E-state index contributed by atoms with van der Waals surface area (Å²) in [6.07, 6.45) is -0.740. The van der Waals surface area contributed by atoms with Gasteiger partial charge in [-0.2, -0.15) is 0 Å². The molecule has 82 valence electrons. The minimum atomic E-state index is -3.54. The van der Waals surface area contributed by atoms with E-state index >= 15 is 0 Å². The van der Waals surface area contributed by atoms with Crippen LogP contribution in [-0.2, 0) is 10.0 Å². The number of alkyl halides is 1. The summed E-state index contributed by atoms with van der Waals surface area (Å²) >= 11 is 0. The molecule has 1 fully saturated rings. The van der Waals surface area contributed by atoms with Crippen molar-refractivity contribution < 1.29 is 12.8 Å². The van der Waals surface area contributed by atoms with Crippen LogP contribution in [0.25, 0.3) is 0 Å².